The fourth-order valence-corrected chi connectivity index (χ4v) is 1.28. The van der Waals surface area contributed by atoms with E-state index in [0.717, 1.165) is 0 Å². The van der Waals surface area contributed by atoms with Crippen molar-refractivity contribution in [2.45, 2.75) is 13.3 Å². The quantitative estimate of drug-likeness (QED) is 0.543. The molecule has 0 saturated heterocycles. The lowest BCUT2D eigenvalue weighted by Crippen LogP contribution is -2.36. The van der Waals surface area contributed by atoms with Crippen LogP contribution in [0.4, 0.5) is 10.1 Å². The minimum atomic E-state index is -0.860. The van der Waals surface area contributed by atoms with Crippen molar-refractivity contribution in [2.24, 2.45) is 0 Å². The zero-order valence-electron chi connectivity index (χ0n) is 10.00. The van der Waals surface area contributed by atoms with E-state index in [4.69, 9.17) is 5.11 Å². The summed E-state index contributed by atoms with van der Waals surface area (Å²) in [7, 11) is 0. The number of aliphatic hydroxyl groups is 1. The second kappa shape index (κ2) is 6.70. The highest BCUT2D eigenvalue weighted by Crippen LogP contribution is 2.16. The third-order valence-corrected chi connectivity index (χ3v) is 2.34. The van der Waals surface area contributed by atoms with Crippen LogP contribution < -0.4 is 10.6 Å². The molecule has 0 aliphatic carbocycles. The molecular weight excluding hydrogens is 239 g/mol. The predicted octanol–water partition coefficient (Wildman–Crippen LogP) is 0.571. The minimum Gasteiger partial charge on any atom is -0.396 e. The van der Waals surface area contributed by atoms with E-state index < -0.39 is 17.6 Å². The Balaban J connectivity index is 2.59. The number of hydrogen-bond donors (Lipinski definition) is 3. The number of anilines is 1. The molecule has 0 spiro atoms. The summed E-state index contributed by atoms with van der Waals surface area (Å²) in [6.07, 6.45) is 0.373. The maximum atomic E-state index is 13.2. The van der Waals surface area contributed by atoms with Gasteiger partial charge in [-0.2, -0.15) is 0 Å². The van der Waals surface area contributed by atoms with Crippen LogP contribution in [0.2, 0.25) is 0 Å². The van der Waals surface area contributed by atoms with Gasteiger partial charge in [0, 0.05) is 24.4 Å². The lowest BCUT2D eigenvalue weighted by atomic mass is 10.2. The Morgan fingerprint density at radius 2 is 2.06 bits per heavy atom. The Labute approximate surface area is 104 Å². The van der Waals surface area contributed by atoms with Gasteiger partial charge < -0.3 is 15.7 Å². The van der Waals surface area contributed by atoms with Gasteiger partial charge in [-0.05, 0) is 25.5 Å². The van der Waals surface area contributed by atoms with Gasteiger partial charge in [-0.25, -0.2) is 4.39 Å². The summed E-state index contributed by atoms with van der Waals surface area (Å²) in [4.78, 5) is 22.8. The van der Waals surface area contributed by atoms with Crippen LogP contribution in [-0.4, -0.2) is 30.1 Å². The van der Waals surface area contributed by atoms with Crippen molar-refractivity contribution in [3.8, 4) is 0 Å². The summed E-state index contributed by atoms with van der Waals surface area (Å²) in [5.74, 6) is -2.12. The first kappa shape index (κ1) is 14.1. The number of carbonyl (C=O) groups excluding carboxylic acids is 2. The van der Waals surface area contributed by atoms with E-state index in [2.05, 4.69) is 10.6 Å². The van der Waals surface area contributed by atoms with E-state index in [1.165, 1.54) is 25.1 Å². The number of rotatable bonds is 4. The predicted molar refractivity (Wildman–Crippen MR) is 64.5 cm³/mol. The molecular formula is C12H15FN2O3. The number of hydrogen-bond acceptors (Lipinski definition) is 3. The van der Waals surface area contributed by atoms with Crippen LogP contribution >= 0.6 is 0 Å². The summed E-state index contributed by atoms with van der Waals surface area (Å²) in [6, 6.07) is 4.23. The molecule has 0 heterocycles. The van der Waals surface area contributed by atoms with Crippen molar-refractivity contribution in [2.75, 3.05) is 18.5 Å². The van der Waals surface area contributed by atoms with E-state index in [-0.39, 0.29) is 24.4 Å². The number of halogens is 1. The van der Waals surface area contributed by atoms with Crippen LogP contribution in [0.1, 0.15) is 12.0 Å². The number of carbonyl (C=O) groups is 2. The lowest BCUT2D eigenvalue weighted by molar-refractivity contribution is -0.136. The van der Waals surface area contributed by atoms with Crippen molar-refractivity contribution in [1.82, 2.24) is 5.32 Å². The zero-order chi connectivity index (χ0) is 13.5. The first-order valence-corrected chi connectivity index (χ1v) is 5.51. The molecule has 0 aliphatic rings. The van der Waals surface area contributed by atoms with Gasteiger partial charge in [0.1, 0.15) is 5.82 Å². The van der Waals surface area contributed by atoms with E-state index in [0.29, 0.717) is 6.42 Å². The average Bonchev–Trinajstić information content (AvgIpc) is 2.35. The molecule has 18 heavy (non-hydrogen) atoms. The molecule has 0 fully saturated rings. The molecule has 0 aliphatic heterocycles. The molecule has 6 heteroatoms. The Morgan fingerprint density at radius 3 is 2.72 bits per heavy atom. The van der Waals surface area contributed by atoms with Gasteiger partial charge in [-0.1, -0.05) is 6.07 Å². The molecule has 0 aromatic heterocycles. The Kier molecular flexibility index (Phi) is 5.26. The highest BCUT2D eigenvalue weighted by atomic mass is 19.1. The summed E-state index contributed by atoms with van der Waals surface area (Å²) in [5.41, 5.74) is 0.534. The maximum absolute atomic E-state index is 13.2. The highest BCUT2D eigenvalue weighted by molar-refractivity contribution is 6.39. The van der Waals surface area contributed by atoms with Crippen LogP contribution in [0.15, 0.2) is 18.2 Å². The summed E-state index contributed by atoms with van der Waals surface area (Å²) < 4.78 is 13.2. The summed E-state index contributed by atoms with van der Waals surface area (Å²) >= 11 is 0. The number of aliphatic hydroxyl groups excluding tert-OH is 1. The molecule has 0 radical (unpaired) electrons. The van der Waals surface area contributed by atoms with Crippen molar-refractivity contribution < 1.29 is 19.1 Å². The molecule has 1 aromatic rings. The fraction of sp³-hybridized carbons (Fsp3) is 0.333. The Hall–Kier alpha value is -1.95. The fourth-order valence-electron chi connectivity index (χ4n) is 1.28. The SMILES string of the molecule is Cc1c(F)cccc1NC(=O)C(=O)NCCCO. The van der Waals surface area contributed by atoms with E-state index >= 15 is 0 Å². The Morgan fingerprint density at radius 1 is 1.33 bits per heavy atom. The van der Waals surface area contributed by atoms with E-state index in [9.17, 15) is 14.0 Å². The first-order chi connectivity index (χ1) is 8.56. The van der Waals surface area contributed by atoms with Crippen LogP contribution in [0, 0.1) is 12.7 Å². The molecule has 3 N–H and O–H groups in total. The molecule has 98 valence electrons. The number of benzene rings is 1. The summed E-state index contributed by atoms with van der Waals surface area (Å²) in [6.45, 7) is 1.66. The van der Waals surface area contributed by atoms with Crippen molar-refractivity contribution in [3.05, 3.63) is 29.6 Å². The van der Waals surface area contributed by atoms with Crippen LogP contribution in [0.3, 0.4) is 0 Å². The molecule has 0 saturated carbocycles. The molecule has 2 amide bonds. The number of nitrogens with one attached hydrogen (secondary N) is 2. The standard InChI is InChI=1S/C12H15FN2O3/c1-8-9(13)4-2-5-10(8)15-12(18)11(17)14-6-3-7-16/h2,4-5,16H,3,6-7H2,1H3,(H,14,17)(H,15,18). The van der Waals surface area contributed by atoms with Crippen molar-refractivity contribution in [3.63, 3.8) is 0 Å². The largest absolute Gasteiger partial charge is 0.396 e. The van der Waals surface area contributed by atoms with Crippen LogP contribution in [-0.2, 0) is 9.59 Å². The van der Waals surface area contributed by atoms with Crippen molar-refractivity contribution >= 4 is 17.5 Å². The molecule has 5 nitrogen and oxygen atoms in total. The van der Waals surface area contributed by atoms with E-state index in [1.807, 2.05) is 0 Å². The van der Waals surface area contributed by atoms with Gasteiger partial charge in [0.05, 0.1) is 0 Å². The maximum Gasteiger partial charge on any atom is 0.313 e. The lowest BCUT2D eigenvalue weighted by Gasteiger charge is -2.08. The van der Waals surface area contributed by atoms with Gasteiger partial charge in [-0.15, -0.1) is 0 Å². The second-order valence-corrected chi connectivity index (χ2v) is 3.70. The van der Waals surface area contributed by atoms with Gasteiger partial charge in [0.25, 0.3) is 0 Å². The van der Waals surface area contributed by atoms with Gasteiger partial charge >= 0.3 is 11.8 Å². The topological polar surface area (TPSA) is 78.4 Å². The third kappa shape index (κ3) is 3.81. The third-order valence-electron chi connectivity index (χ3n) is 2.34. The molecule has 0 unspecified atom stereocenters. The van der Waals surface area contributed by atoms with E-state index in [1.54, 1.807) is 0 Å². The first-order valence-electron chi connectivity index (χ1n) is 5.51. The molecule has 1 aromatic carbocycles. The van der Waals surface area contributed by atoms with Gasteiger partial charge in [0.2, 0.25) is 0 Å². The highest BCUT2D eigenvalue weighted by Gasteiger charge is 2.14. The zero-order valence-corrected chi connectivity index (χ0v) is 10.00. The summed E-state index contributed by atoms with van der Waals surface area (Å²) in [5, 5.41) is 13.2. The average molecular weight is 254 g/mol. The van der Waals surface area contributed by atoms with Crippen molar-refractivity contribution in [1.29, 1.82) is 0 Å². The molecule has 1 rings (SSSR count). The second-order valence-electron chi connectivity index (χ2n) is 3.70. The van der Waals surface area contributed by atoms with Gasteiger partial charge in [-0.3, -0.25) is 9.59 Å². The molecule has 0 bridgehead atoms. The number of amides is 2. The smallest absolute Gasteiger partial charge is 0.313 e. The monoisotopic (exact) mass is 254 g/mol. The van der Waals surface area contributed by atoms with Crippen LogP contribution in [0.5, 0.6) is 0 Å². The normalized spacial score (nSPS) is 9.94. The Bertz CT molecular complexity index is 449. The molecule has 0 atom stereocenters. The van der Waals surface area contributed by atoms with Crippen LogP contribution in [0.25, 0.3) is 0 Å². The minimum absolute atomic E-state index is 0.0646. The van der Waals surface area contributed by atoms with Gasteiger partial charge in [0.15, 0.2) is 0 Å².